The highest BCUT2D eigenvalue weighted by molar-refractivity contribution is 6.33. The van der Waals surface area contributed by atoms with Gasteiger partial charge in [-0.15, -0.1) is 0 Å². The Morgan fingerprint density at radius 3 is 2.41 bits per heavy atom. The summed E-state index contributed by atoms with van der Waals surface area (Å²) in [5, 5.41) is 5.16. The average molecular weight is 476 g/mol. The van der Waals surface area contributed by atoms with Crippen LogP contribution in [0.15, 0.2) is 78.9 Å². The zero-order chi connectivity index (χ0) is 23.7. The monoisotopic (exact) mass is 475 g/mol. The molecular weight excluding hydrogens is 453 g/mol. The van der Waals surface area contributed by atoms with Crippen molar-refractivity contribution in [3.05, 3.63) is 101 Å². The van der Waals surface area contributed by atoms with Crippen molar-refractivity contribution in [2.24, 2.45) is 7.05 Å². The highest BCUT2D eigenvalue weighted by Crippen LogP contribution is 2.38. The first-order valence-corrected chi connectivity index (χ1v) is 11.5. The van der Waals surface area contributed by atoms with E-state index in [1.165, 1.54) is 12.1 Å². The van der Waals surface area contributed by atoms with Crippen LogP contribution in [0.2, 0.25) is 5.02 Å². The maximum Gasteiger partial charge on any atom is 0.255 e. The molecule has 0 aliphatic heterocycles. The number of amides is 1. The molecule has 0 N–H and O–H groups in total. The van der Waals surface area contributed by atoms with Gasteiger partial charge in [-0.2, -0.15) is 5.10 Å². The molecule has 1 fully saturated rings. The van der Waals surface area contributed by atoms with E-state index in [1.54, 1.807) is 36.0 Å². The number of hydrogen-bond acceptors (Lipinski definition) is 3. The number of aromatic nitrogens is 2. The third-order valence-electron chi connectivity index (χ3n) is 5.84. The van der Waals surface area contributed by atoms with Gasteiger partial charge in [-0.1, -0.05) is 54.1 Å². The lowest BCUT2D eigenvalue weighted by Gasteiger charge is -2.24. The molecule has 34 heavy (non-hydrogen) atoms. The van der Waals surface area contributed by atoms with E-state index in [0.717, 1.165) is 29.7 Å². The lowest BCUT2D eigenvalue weighted by atomic mass is 10.1. The molecule has 0 atom stereocenters. The second-order valence-corrected chi connectivity index (χ2v) is 8.73. The van der Waals surface area contributed by atoms with Gasteiger partial charge < -0.3 is 9.64 Å². The number of carbonyl (C=O) groups excluding carboxylic acids is 1. The molecule has 0 bridgehead atoms. The molecule has 172 valence electrons. The zero-order valence-corrected chi connectivity index (χ0v) is 19.4. The second kappa shape index (κ2) is 9.31. The molecular formula is C27H23ClFN3O2. The zero-order valence-electron chi connectivity index (χ0n) is 18.6. The molecule has 7 heteroatoms. The van der Waals surface area contributed by atoms with E-state index in [4.69, 9.17) is 21.4 Å². The minimum atomic E-state index is -0.340. The van der Waals surface area contributed by atoms with Crippen LogP contribution in [0.25, 0.3) is 11.3 Å². The van der Waals surface area contributed by atoms with Crippen LogP contribution in [0.3, 0.4) is 0 Å². The van der Waals surface area contributed by atoms with Crippen LogP contribution >= 0.6 is 11.6 Å². The number of rotatable bonds is 7. The van der Waals surface area contributed by atoms with E-state index < -0.39 is 0 Å². The van der Waals surface area contributed by atoms with Gasteiger partial charge in [-0.25, -0.2) is 9.07 Å². The van der Waals surface area contributed by atoms with Gasteiger partial charge in [0.05, 0.1) is 22.7 Å². The summed E-state index contributed by atoms with van der Waals surface area (Å²) < 4.78 is 21.3. The number of nitrogens with zero attached hydrogens (tertiary/aromatic N) is 3. The molecule has 0 unspecified atom stereocenters. The van der Waals surface area contributed by atoms with Gasteiger partial charge in [0, 0.05) is 18.7 Å². The molecule has 1 aromatic heterocycles. The van der Waals surface area contributed by atoms with Crippen molar-refractivity contribution in [1.29, 1.82) is 0 Å². The smallest absolute Gasteiger partial charge is 0.255 e. The standard InChI is InChI=1S/C27H23ClFN3O2/c1-31-27(34-21-15-11-19(29)12-16-21)23(25(30-31)18-7-3-2-4-8-18)17-32(20-13-14-20)26(33)22-9-5-6-10-24(22)28/h2-12,15-16,20H,13-14,17H2,1H3. The van der Waals surface area contributed by atoms with Crippen molar-refractivity contribution in [2.75, 3.05) is 0 Å². The summed E-state index contributed by atoms with van der Waals surface area (Å²) in [5.41, 5.74) is 2.91. The third-order valence-corrected chi connectivity index (χ3v) is 6.17. The van der Waals surface area contributed by atoms with Gasteiger partial charge in [0.1, 0.15) is 17.3 Å². The van der Waals surface area contributed by atoms with Crippen LogP contribution in [-0.4, -0.2) is 26.6 Å². The summed E-state index contributed by atoms with van der Waals surface area (Å²) in [6.45, 7) is 0.309. The molecule has 0 saturated heterocycles. The number of ether oxygens (including phenoxy) is 1. The molecule has 0 radical (unpaired) electrons. The SMILES string of the molecule is Cn1nc(-c2ccccc2)c(CN(C(=O)c2ccccc2Cl)C2CC2)c1Oc1ccc(F)cc1. The highest BCUT2D eigenvalue weighted by atomic mass is 35.5. The number of carbonyl (C=O) groups is 1. The Morgan fingerprint density at radius 1 is 1.06 bits per heavy atom. The second-order valence-electron chi connectivity index (χ2n) is 8.32. The van der Waals surface area contributed by atoms with Crippen LogP contribution in [-0.2, 0) is 13.6 Å². The Bertz CT molecular complexity index is 1320. The van der Waals surface area contributed by atoms with Crippen molar-refractivity contribution in [3.63, 3.8) is 0 Å². The van der Waals surface area contributed by atoms with Crippen molar-refractivity contribution < 1.29 is 13.9 Å². The molecule has 1 heterocycles. The van der Waals surface area contributed by atoms with E-state index in [1.807, 2.05) is 47.4 Å². The van der Waals surface area contributed by atoms with Crippen molar-refractivity contribution in [1.82, 2.24) is 14.7 Å². The van der Waals surface area contributed by atoms with Gasteiger partial charge in [0.2, 0.25) is 5.88 Å². The van der Waals surface area contributed by atoms with Gasteiger partial charge in [0.25, 0.3) is 5.91 Å². The molecule has 1 saturated carbocycles. The predicted octanol–water partition coefficient (Wildman–Crippen LogP) is 6.48. The fourth-order valence-corrected chi connectivity index (χ4v) is 4.19. The molecule has 4 aromatic rings. The number of benzene rings is 3. The fraction of sp³-hybridized carbons (Fsp3) is 0.185. The maximum absolute atomic E-state index is 13.5. The van der Waals surface area contributed by atoms with Crippen molar-refractivity contribution in [3.8, 4) is 22.9 Å². The molecule has 5 rings (SSSR count). The Hall–Kier alpha value is -3.64. The largest absolute Gasteiger partial charge is 0.439 e. The van der Waals surface area contributed by atoms with E-state index in [9.17, 15) is 9.18 Å². The summed E-state index contributed by atoms with van der Waals surface area (Å²) in [6, 6.07) is 22.9. The van der Waals surface area contributed by atoms with E-state index in [-0.39, 0.29) is 17.8 Å². The van der Waals surface area contributed by atoms with E-state index >= 15 is 0 Å². The molecule has 0 spiro atoms. The topological polar surface area (TPSA) is 47.4 Å². The van der Waals surface area contributed by atoms with Crippen LogP contribution < -0.4 is 4.74 Å². The minimum absolute atomic E-state index is 0.122. The molecule has 3 aromatic carbocycles. The van der Waals surface area contributed by atoms with E-state index in [2.05, 4.69) is 0 Å². The summed E-state index contributed by atoms with van der Waals surface area (Å²) in [5.74, 6) is 0.528. The minimum Gasteiger partial charge on any atom is -0.439 e. The summed E-state index contributed by atoms with van der Waals surface area (Å²) in [6.07, 6.45) is 1.87. The molecule has 1 aliphatic rings. The lowest BCUT2D eigenvalue weighted by molar-refractivity contribution is 0.0729. The average Bonchev–Trinajstić information content (AvgIpc) is 3.65. The summed E-state index contributed by atoms with van der Waals surface area (Å²) in [4.78, 5) is 15.4. The quantitative estimate of drug-likeness (QED) is 0.307. The van der Waals surface area contributed by atoms with Crippen molar-refractivity contribution >= 4 is 17.5 Å². The number of hydrogen-bond donors (Lipinski definition) is 0. The van der Waals surface area contributed by atoms with Crippen LogP contribution in [0.1, 0.15) is 28.8 Å². The van der Waals surface area contributed by atoms with Crippen molar-refractivity contribution in [2.45, 2.75) is 25.4 Å². The first-order valence-electron chi connectivity index (χ1n) is 11.1. The third kappa shape index (κ3) is 4.54. The Labute approximate surface area is 202 Å². The summed E-state index contributed by atoms with van der Waals surface area (Å²) in [7, 11) is 1.80. The lowest BCUT2D eigenvalue weighted by Crippen LogP contribution is -2.33. The highest BCUT2D eigenvalue weighted by Gasteiger charge is 2.36. The molecule has 5 nitrogen and oxygen atoms in total. The predicted molar refractivity (Wildman–Crippen MR) is 129 cm³/mol. The van der Waals surface area contributed by atoms with Crippen LogP contribution in [0.4, 0.5) is 4.39 Å². The number of halogens is 2. The molecule has 1 amide bonds. The maximum atomic E-state index is 13.5. The summed E-state index contributed by atoms with van der Waals surface area (Å²) >= 11 is 6.35. The Morgan fingerprint density at radius 2 is 1.74 bits per heavy atom. The van der Waals surface area contributed by atoms with Gasteiger partial charge >= 0.3 is 0 Å². The number of aryl methyl sites for hydroxylation is 1. The van der Waals surface area contributed by atoms with Gasteiger partial charge in [0.15, 0.2) is 0 Å². The Kier molecular flexibility index (Phi) is 6.07. The van der Waals surface area contributed by atoms with Gasteiger partial charge in [-0.05, 0) is 49.2 Å². The van der Waals surface area contributed by atoms with Crippen LogP contribution in [0, 0.1) is 5.82 Å². The van der Waals surface area contributed by atoms with Crippen LogP contribution in [0.5, 0.6) is 11.6 Å². The fourth-order valence-electron chi connectivity index (χ4n) is 3.98. The Balaban J connectivity index is 1.57. The van der Waals surface area contributed by atoms with E-state index in [0.29, 0.717) is 28.8 Å². The normalized spacial score (nSPS) is 13.0. The van der Waals surface area contributed by atoms with Gasteiger partial charge in [-0.3, -0.25) is 4.79 Å². The first kappa shape index (κ1) is 22.2. The molecule has 1 aliphatic carbocycles. The first-order chi connectivity index (χ1) is 16.5.